The van der Waals surface area contributed by atoms with Crippen molar-refractivity contribution in [2.45, 2.75) is 36.9 Å². The first-order valence-corrected chi connectivity index (χ1v) is 6.34. The van der Waals surface area contributed by atoms with E-state index in [0.29, 0.717) is 0 Å². The summed E-state index contributed by atoms with van der Waals surface area (Å²) < 4.78 is 0. The zero-order chi connectivity index (χ0) is 21.3. The first-order chi connectivity index (χ1) is 11.6. The van der Waals surface area contributed by atoms with Crippen molar-refractivity contribution < 1.29 is 91.5 Å². The molecule has 0 amide bonds. The molecule has 0 spiro atoms. The quantitative estimate of drug-likeness (QED) is 0.0983. The van der Waals surface area contributed by atoms with Gasteiger partial charge in [0.05, 0.1) is 25.7 Å². The molecule has 0 aromatic heterocycles. The van der Waals surface area contributed by atoms with Crippen LogP contribution in [0.3, 0.4) is 0 Å². The van der Waals surface area contributed by atoms with E-state index in [1.807, 2.05) is 0 Å². The van der Waals surface area contributed by atoms with E-state index in [1.54, 1.807) is 0 Å². The molecule has 0 atom stereocenters. The molecular formula is C12H30K6O18. The van der Waals surface area contributed by atoms with E-state index in [4.69, 9.17) is 40.9 Å². The molecule has 0 aliphatic heterocycles. The molecule has 0 saturated heterocycles. The summed E-state index contributed by atoms with van der Waals surface area (Å²) in [5.41, 5.74) is -5.48. The molecule has 0 aliphatic rings. The molecule has 0 aromatic rings. The van der Waals surface area contributed by atoms with Crippen LogP contribution in [0, 0.1) is 0 Å². The van der Waals surface area contributed by atoms with Crippen LogP contribution in [-0.4, -0.2) is 418 Å². The number of carboxylic acid groups (broad SMARTS) is 6. The Bertz CT molecular complexity index is 533. The van der Waals surface area contributed by atoms with Gasteiger partial charge in [0.1, 0.15) is 0 Å². The molecule has 0 heterocycles. The Labute approximate surface area is 459 Å². The van der Waals surface area contributed by atoms with Crippen molar-refractivity contribution in [3.8, 4) is 0 Å². The Balaban J connectivity index is -0.0000000250. The summed E-state index contributed by atoms with van der Waals surface area (Å²) in [6.45, 7) is 0. The second-order valence-corrected chi connectivity index (χ2v) is 4.96. The van der Waals surface area contributed by atoms with Crippen LogP contribution < -0.4 is 0 Å². The molecule has 0 aromatic carbocycles. The van der Waals surface area contributed by atoms with Crippen LogP contribution in [0.1, 0.15) is 25.7 Å². The Kier molecular flexibility index (Phi) is 90.4. The molecule has 36 heavy (non-hydrogen) atoms. The van der Waals surface area contributed by atoms with Gasteiger partial charge in [0.25, 0.3) is 0 Å². The fraction of sp³-hybridized carbons (Fsp3) is 0.500. The average Bonchev–Trinajstić information content (AvgIpc) is 2.34. The molecule has 0 rings (SSSR count). The number of carboxylic acids is 6. The Morgan fingerprint density at radius 3 is 0.556 bits per heavy atom. The normalized spacial score (nSPS) is 7.83. The summed E-state index contributed by atoms with van der Waals surface area (Å²) in [5.74, 6) is -10.0. The van der Waals surface area contributed by atoms with Crippen molar-refractivity contribution in [2.75, 3.05) is 0 Å². The van der Waals surface area contributed by atoms with Crippen molar-refractivity contribution in [3.63, 3.8) is 0 Å². The fourth-order valence-electron chi connectivity index (χ4n) is 1.43. The van der Waals surface area contributed by atoms with Crippen LogP contribution in [0.25, 0.3) is 0 Å². The zero-order valence-electron chi connectivity index (χ0n) is 14.9. The molecule has 18 nitrogen and oxygen atoms in total. The molecule has 0 radical (unpaired) electrons. The van der Waals surface area contributed by atoms with Gasteiger partial charge in [-0.15, -0.1) is 0 Å². The van der Waals surface area contributed by atoms with Crippen LogP contribution in [-0.2, 0) is 28.8 Å². The van der Waals surface area contributed by atoms with E-state index >= 15 is 0 Å². The SMILES string of the molecule is O.O.O.O.O=C(O)CC(O)(CC(=O)O)C(=O)O.O=C(O)CC(O)(CC(=O)O)C(=O)O.[KH].[KH].[KH].[KH].[KH].[KH]. The molecule has 0 bridgehead atoms. The summed E-state index contributed by atoms with van der Waals surface area (Å²) >= 11 is 0. The standard InChI is InChI=1S/2C6H8O7.6K.4H2O.6H/c2*7-3(8)1-6(13,5(11)12)2-4(9)10;;;;;;;;;;;;;;;;/h2*13H,1-2H2,(H,7,8)(H,9,10)(H,11,12);;;;;;;4*1H2;;;;;;. The first kappa shape index (κ1) is 78.6. The predicted molar refractivity (Wildman–Crippen MR) is 132 cm³/mol. The van der Waals surface area contributed by atoms with Gasteiger partial charge in [-0.2, -0.15) is 0 Å². The van der Waals surface area contributed by atoms with Gasteiger partial charge < -0.3 is 62.8 Å². The van der Waals surface area contributed by atoms with E-state index in [0.717, 1.165) is 0 Å². The molecule has 0 saturated carbocycles. The number of rotatable bonds is 10. The predicted octanol–water partition coefficient (Wildman–Crippen LogP) is -9.69. The number of aliphatic carboxylic acids is 6. The summed E-state index contributed by atoms with van der Waals surface area (Å²) in [6, 6.07) is 0. The second-order valence-electron chi connectivity index (χ2n) is 4.96. The van der Waals surface area contributed by atoms with Crippen LogP contribution in [0.5, 0.6) is 0 Å². The minimum atomic E-state index is -2.74. The number of hydrogen-bond donors (Lipinski definition) is 8. The number of carbonyl (C=O) groups is 6. The van der Waals surface area contributed by atoms with E-state index in [2.05, 4.69) is 0 Å². The van der Waals surface area contributed by atoms with Gasteiger partial charge in [0, 0.05) is 0 Å². The van der Waals surface area contributed by atoms with E-state index in [9.17, 15) is 28.8 Å². The Hall–Kier alpha value is 6.40. The molecule has 24 heteroatoms. The third-order valence-corrected chi connectivity index (χ3v) is 2.57. The molecule has 0 fully saturated rings. The fourth-order valence-corrected chi connectivity index (χ4v) is 1.43. The third-order valence-electron chi connectivity index (χ3n) is 2.57. The van der Waals surface area contributed by atoms with Crippen molar-refractivity contribution in [2.24, 2.45) is 0 Å². The maximum absolute atomic E-state index is 10.3. The minimum absolute atomic E-state index is 0. The van der Waals surface area contributed by atoms with Crippen LogP contribution in [0.4, 0.5) is 0 Å². The van der Waals surface area contributed by atoms with Gasteiger partial charge in [0.2, 0.25) is 0 Å². The summed E-state index contributed by atoms with van der Waals surface area (Å²) in [4.78, 5) is 61.0. The molecule has 0 aliphatic carbocycles. The van der Waals surface area contributed by atoms with Gasteiger partial charge >= 0.3 is 344 Å². The van der Waals surface area contributed by atoms with Crippen molar-refractivity contribution >= 4 is 344 Å². The van der Waals surface area contributed by atoms with E-state index in [-0.39, 0.29) is 330 Å². The zero-order valence-corrected chi connectivity index (χ0v) is 14.9. The summed E-state index contributed by atoms with van der Waals surface area (Å²) in [7, 11) is 0. The Morgan fingerprint density at radius 2 is 0.500 bits per heavy atom. The van der Waals surface area contributed by atoms with Crippen molar-refractivity contribution in [3.05, 3.63) is 0 Å². The van der Waals surface area contributed by atoms with Gasteiger partial charge in [-0.1, -0.05) is 0 Å². The molecule has 192 valence electrons. The maximum atomic E-state index is 10.3. The summed E-state index contributed by atoms with van der Waals surface area (Å²) in [6.07, 6.45) is -4.58. The molecule has 16 N–H and O–H groups in total. The number of hydrogen-bond acceptors (Lipinski definition) is 8. The number of aliphatic hydroxyl groups is 2. The van der Waals surface area contributed by atoms with Crippen LogP contribution >= 0.6 is 0 Å². The molecule has 0 unspecified atom stereocenters. The van der Waals surface area contributed by atoms with Gasteiger partial charge in [-0.05, 0) is 0 Å². The van der Waals surface area contributed by atoms with Gasteiger partial charge in [-0.25, -0.2) is 9.59 Å². The van der Waals surface area contributed by atoms with Crippen LogP contribution in [0.15, 0.2) is 0 Å². The molecular weight excluding hydrogens is 667 g/mol. The average molecular weight is 697 g/mol. The Morgan fingerprint density at radius 1 is 0.389 bits per heavy atom. The third kappa shape index (κ3) is 42.5. The van der Waals surface area contributed by atoms with Crippen molar-refractivity contribution in [1.82, 2.24) is 0 Å². The van der Waals surface area contributed by atoms with Crippen LogP contribution in [0.2, 0.25) is 0 Å². The summed E-state index contributed by atoms with van der Waals surface area (Å²) in [5, 5.41) is 67.6. The van der Waals surface area contributed by atoms with Gasteiger partial charge in [-0.3, -0.25) is 19.2 Å². The topological polar surface area (TPSA) is 390 Å². The monoisotopic (exact) mass is 696 g/mol. The van der Waals surface area contributed by atoms with E-state index < -0.39 is 72.7 Å². The van der Waals surface area contributed by atoms with E-state index in [1.165, 1.54) is 0 Å². The second kappa shape index (κ2) is 41.4. The van der Waals surface area contributed by atoms with Gasteiger partial charge in [0.15, 0.2) is 11.2 Å². The van der Waals surface area contributed by atoms with Crippen molar-refractivity contribution in [1.29, 1.82) is 0 Å². The first-order valence-electron chi connectivity index (χ1n) is 6.34.